The fraction of sp³-hybridized carbons (Fsp3) is 0.545. The number of nitrogens with zero attached hydrogens (tertiary/aromatic N) is 4. The number of aromatic nitrogens is 4. The van der Waals surface area contributed by atoms with Crippen LogP contribution in [0.25, 0.3) is 11.2 Å². The molecule has 20 heavy (non-hydrogen) atoms. The molecular weight excluding hydrogens is 266 g/mol. The first-order chi connectivity index (χ1) is 9.60. The number of aliphatic hydroxyl groups excluding tert-OH is 3. The van der Waals surface area contributed by atoms with Crippen LogP contribution in [0.3, 0.4) is 0 Å². The van der Waals surface area contributed by atoms with Gasteiger partial charge in [-0.2, -0.15) is 4.98 Å². The third-order valence-corrected chi connectivity index (χ3v) is 3.39. The summed E-state index contributed by atoms with van der Waals surface area (Å²) in [4.78, 5) is 12.0. The van der Waals surface area contributed by atoms with Crippen molar-refractivity contribution in [3.63, 3.8) is 0 Å². The number of nitrogen functional groups attached to an aromatic ring is 1. The highest BCUT2D eigenvalue weighted by molar-refractivity contribution is 5.70. The van der Waals surface area contributed by atoms with E-state index in [4.69, 9.17) is 15.6 Å². The first-order valence-corrected chi connectivity index (χ1v) is 6.16. The lowest BCUT2D eigenvalue weighted by Gasteiger charge is -2.15. The van der Waals surface area contributed by atoms with Crippen molar-refractivity contribution in [2.45, 2.75) is 31.0 Å². The van der Waals surface area contributed by atoms with Crippen LogP contribution in [0.15, 0.2) is 12.5 Å². The van der Waals surface area contributed by atoms with Gasteiger partial charge in [0.05, 0.1) is 25.7 Å². The number of rotatable bonds is 3. The van der Waals surface area contributed by atoms with Crippen LogP contribution in [0, 0.1) is 0 Å². The molecule has 0 saturated carbocycles. The molecule has 0 aromatic carbocycles. The highest BCUT2D eigenvalue weighted by atomic mass is 16.6. The molecule has 0 amide bonds. The Morgan fingerprint density at radius 2 is 2.00 bits per heavy atom. The Morgan fingerprint density at radius 3 is 2.70 bits per heavy atom. The molecule has 4 atom stereocenters. The summed E-state index contributed by atoms with van der Waals surface area (Å²) in [7, 11) is 0. The van der Waals surface area contributed by atoms with E-state index >= 15 is 0 Å². The third-order valence-electron chi connectivity index (χ3n) is 3.39. The van der Waals surface area contributed by atoms with Gasteiger partial charge in [-0.25, -0.2) is 9.97 Å². The van der Waals surface area contributed by atoms with Crippen molar-refractivity contribution in [1.29, 1.82) is 0 Å². The zero-order valence-corrected chi connectivity index (χ0v) is 10.5. The molecule has 0 bridgehead atoms. The van der Waals surface area contributed by atoms with Gasteiger partial charge in [-0.15, -0.1) is 0 Å². The second kappa shape index (κ2) is 4.94. The second-order valence-corrected chi connectivity index (χ2v) is 4.71. The summed E-state index contributed by atoms with van der Waals surface area (Å²) in [6, 6.07) is 0. The van der Waals surface area contributed by atoms with E-state index in [9.17, 15) is 10.2 Å². The van der Waals surface area contributed by atoms with Gasteiger partial charge in [0.25, 0.3) is 0 Å². The average molecular weight is 281 g/mol. The normalized spacial score (nSPS) is 30.1. The Bertz CT molecular complexity index is 618. The van der Waals surface area contributed by atoms with E-state index in [1.54, 1.807) is 4.57 Å². The number of imidazole rings is 1. The summed E-state index contributed by atoms with van der Waals surface area (Å²) in [5.41, 5.74) is 6.63. The maximum absolute atomic E-state index is 9.91. The molecule has 1 aliphatic rings. The summed E-state index contributed by atoms with van der Waals surface area (Å²) >= 11 is 0. The lowest BCUT2D eigenvalue weighted by Crippen LogP contribution is -2.35. The molecule has 0 unspecified atom stereocenters. The fourth-order valence-electron chi connectivity index (χ4n) is 2.32. The van der Waals surface area contributed by atoms with Gasteiger partial charge in [0.15, 0.2) is 5.65 Å². The monoisotopic (exact) mass is 281 g/mol. The summed E-state index contributed by atoms with van der Waals surface area (Å²) in [5, 5.41) is 28.7. The van der Waals surface area contributed by atoms with E-state index in [1.807, 2.05) is 0 Å². The maximum Gasteiger partial charge on any atom is 0.222 e. The molecular formula is C11H15N5O4. The van der Waals surface area contributed by atoms with Crippen molar-refractivity contribution in [1.82, 2.24) is 19.5 Å². The van der Waals surface area contributed by atoms with Crippen LogP contribution < -0.4 is 5.73 Å². The zero-order chi connectivity index (χ0) is 14.3. The smallest absolute Gasteiger partial charge is 0.222 e. The van der Waals surface area contributed by atoms with Gasteiger partial charge in [0.1, 0.15) is 29.9 Å². The minimum absolute atomic E-state index is 0.125. The molecule has 2 aromatic rings. The Labute approximate surface area is 113 Å². The van der Waals surface area contributed by atoms with E-state index in [2.05, 4.69) is 15.0 Å². The summed E-state index contributed by atoms with van der Waals surface area (Å²) in [6.45, 7) is -0.115. The van der Waals surface area contributed by atoms with E-state index in [-0.39, 0.29) is 19.1 Å². The molecule has 3 rings (SSSR count). The average Bonchev–Trinajstić information content (AvgIpc) is 2.95. The van der Waals surface area contributed by atoms with Crippen molar-refractivity contribution in [2.24, 2.45) is 0 Å². The number of aliphatic hydroxyl groups is 3. The predicted octanol–water partition coefficient (Wildman–Crippen LogP) is -2.11. The Hall–Kier alpha value is -1.81. The van der Waals surface area contributed by atoms with Crippen LogP contribution in [-0.2, 0) is 11.3 Å². The lowest BCUT2D eigenvalue weighted by atomic mass is 10.1. The zero-order valence-electron chi connectivity index (χ0n) is 10.5. The SMILES string of the molecule is Nc1ncc2ncn(C[C@@H]3O[C@H](CO)[C@@H](O)[C@@H]3O)c2n1. The quantitative estimate of drug-likeness (QED) is 0.501. The Balaban J connectivity index is 1.85. The third kappa shape index (κ3) is 2.10. The van der Waals surface area contributed by atoms with Gasteiger partial charge in [-0.05, 0) is 0 Å². The summed E-state index contributed by atoms with van der Waals surface area (Å²) in [5.74, 6) is 0.125. The maximum atomic E-state index is 9.91. The predicted molar refractivity (Wildman–Crippen MR) is 67.5 cm³/mol. The number of ether oxygens (including phenoxy) is 1. The van der Waals surface area contributed by atoms with E-state index in [0.29, 0.717) is 11.2 Å². The lowest BCUT2D eigenvalue weighted by molar-refractivity contribution is -0.0262. The molecule has 9 heteroatoms. The molecule has 1 saturated heterocycles. The van der Waals surface area contributed by atoms with Crippen molar-refractivity contribution >= 4 is 17.1 Å². The first-order valence-electron chi connectivity index (χ1n) is 6.16. The van der Waals surface area contributed by atoms with Crippen molar-refractivity contribution in [3.8, 4) is 0 Å². The molecule has 1 aliphatic heterocycles. The molecule has 3 heterocycles. The number of fused-ring (bicyclic) bond motifs is 1. The number of hydrogen-bond acceptors (Lipinski definition) is 8. The molecule has 0 aliphatic carbocycles. The van der Waals surface area contributed by atoms with E-state index in [0.717, 1.165) is 0 Å². The van der Waals surface area contributed by atoms with Gasteiger partial charge in [-0.1, -0.05) is 0 Å². The minimum Gasteiger partial charge on any atom is -0.394 e. The molecule has 9 nitrogen and oxygen atoms in total. The second-order valence-electron chi connectivity index (χ2n) is 4.71. The number of hydrogen-bond donors (Lipinski definition) is 4. The largest absolute Gasteiger partial charge is 0.394 e. The van der Waals surface area contributed by atoms with Crippen LogP contribution in [0.1, 0.15) is 0 Å². The number of nitrogens with two attached hydrogens (primary N) is 1. The summed E-state index contributed by atoms with van der Waals surface area (Å²) in [6.07, 6.45) is -0.595. The van der Waals surface area contributed by atoms with Crippen LogP contribution in [0.2, 0.25) is 0 Å². The van der Waals surface area contributed by atoms with Crippen LogP contribution in [-0.4, -0.2) is 65.9 Å². The van der Waals surface area contributed by atoms with Gasteiger partial charge < -0.3 is 30.4 Å². The fourth-order valence-corrected chi connectivity index (χ4v) is 2.32. The van der Waals surface area contributed by atoms with E-state index in [1.165, 1.54) is 12.5 Å². The molecule has 1 fully saturated rings. The molecule has 0 spiro atoms. The van der Waals surface area contributed by atoms with Crippen molar-refractivity contribution in [3.05, 3.63) is 12.5 Å². The Morgan fingerprint density at radius 1 is 1.25 bits per heavy atom. The topological polar surface area (TPSA) is 140 Å². The molecule has 0 radical (unpaired) electrons. The van der Waals surface area contributed by atoms with Gasteiger partial charge in [0.2, 0.25) is 5.95 Å². The van der Waals surface area contributed by atoms with E-state index < -0.39 is 24.4 Å². The van der Waals surface area contributed by atoms with Gasteiger partial charge in [-0.3, -0.25) is 0 Å². The first kappa shape index (κ1) is 13.2. The number of anilines is 1. The van der Waals surface area contributed by atoms with Gasteiger partial charge >= 0.3 is 0 Å². The molecule has 108 valence electrons. The van der Waals surface area contributed by atoms with Crippen molar-refractivity contribution < 1.29 is 20.1 Å². The summed E-state index contributed by atoms with van der Waals surface area (Å²) < 4.78 is 7.07. The van der Waals surface area contributed by atoms with Crippen LogP contribution in [0.4, 0.5) is 5.95 Å². The van der Waals surface area contributed by atoms with Crippen LogP contribution in [0.5, 0.6) is 0 Å². The van der Waals surface area contributed by atoms with Crippen LogP contribution >= 0.6 is 0 Å². The molecule has 5 N–H and O–H groups in total. The minimum atomic E-state index is -1.11. The Kier molecular flexibility index (Phi) is 3.26. The highest BCUT2D eigenvalue weighted by Gasteiger charge is 2.42. The van der Waals surface area contributed by atoms with Crippen molar-refractivity contribution in [2.75, 3.05) is 12.3 Å². The molecule has 2 aromatic heterocycles. The van der Waals surface area contributed by atoms with Gasteiger partial charge in [0, 0.05) is 0 Å². The standard InChI is InChI=1S/C11H15N5O4/c12-11-13-1-5-10(15-11)16(4-14-5)2-6-8(18)9(19)7(3-17)20-6/h1,4,6-9,17-19H,2-3H2,(H2,12,13,15)/t6-,7+,8+,9+/m0/s1. The highest BCUT2D eigenvalue weighted by Crippen LogP contribution is 2.23.